The third-order valence-corrected chi connectivity index (χ3v) is 4.92. The third kappa shape index (κ3) is 2.67. The summed E-state index contributed by atoms with van der Waals surface area (Å²) in [7, 11) is 0. The van der Waals surface area contributed by atoms with E-state index >= 15 is 0 Å². The standard InChI is InChI=1S/C15H21IN2/c1-2-13-9-17-15(11-6-7-11)10-18(13)14-5-3-4-12(16)8-14/h3-5,8,11,13,15,17H,2,6-7,9-10H2,1H3. The molecule has 1 heterocycles. The van der Waals surface area contributed by atoms with Crippen molar-refractivity contribution in [3.63, 3.8) is 0 Å². The number of nitrogens with zero attached hydrogens (tertiary/aromatic N) is 1. The average molecular weight is 356 g/mol. The van der Waals surface area contributed by atoms with E-state index in [-0.39, 0.29) is 0 Å². The van der Waals surface area contributed by atoms with Gasteiger partial charge in [0.15, 0.2) is 0 Å². The maximum atomic E-state index is 3.75. The van der Waals surface area contributed by atoms with E-state index in [1.165, 1.54) is 35.1 Å². The van der Waals surface area contributed by atoms with Crippen LogP contribution in [0.4, 0.5) is 5.69 Å². The molecule has 1 aromatic rings. The Hall–Kier alpha value is -0.290. The summed E-state index contributed by atoms with van der Waals surface area (Å²) in [5, 5.41) is 3.75. The van der Waals surface area contributed by atoms with Gasteiger partial charge in [-0.1, -0.05) is 13.0 Å². The van der Waals surface area contributed by atoms with Crippen LogP contribution in [0.2, 0.25) is 0 Å². The highest BCUT2D eigenvalue weighted by Gasteiger charge is 2.36. The lowest BCUT2D eigenvalue weighted by Gasteiger charge is -2.42. The predicted molar refractivity (Wildman–Crippen MR) is 85.1 cm³/mol. The molecule has 2 aliphatic rings. The van der Waals surface area contributed by atoms with Crippen molar-refractivity contribution in [2.24, 2.45) is 5.92 Å². The van der Waals surface area contributed by atoms with E-state index in [2.05, 4.69) is 64.0 Å². The number of hydrogen-bond acceptors (Lipinski definition) is 2. The Kier molecular flexibility index (Phi) is 3.80. The Morgan fingerprint density at radius 3 is 2.89 bits per heavy atom. The highest BCUT2D eigenvalue weighted by Crippen LogP contribution is 2.35. The van der Waals surface area contributed by atoms with Gasteiger partial charge in [0.05, 0.1) is 0 Å². The first-order valence-corrected chi connectivity index (χ1v) is 8.11. The van der Waals surface area contributed by atoms with Crippen molar-refractivity contribution in [3.05, 3.63) is 27.8 Å². The number of rotatable bonds is 3. The summed E-state index contributed by atoms with van der Waals surface area (Å²) in [4.78, 5) is 2.63. The van der Waals surface area contributed by atoms with Gasteiger partial charge >= 0.3 is 0 Å². The van der Waals surface area contributed by atoms with Gasteiger partial charge in [-0.3, -0.25) is 0 Å². The van der Waals surface area contributed by atoms with Gasteiger partial charge in [-0.05, 0) is 66.0 Å². The molecular formula is C15H21IN2. The molecule has 2 fully saturated rings. The van der Waals surface area contributed by atoms with Gasteiger partial charge in [0.1, 0.15) is 0 Å². The van der Waals surface area contributed by atoms with E-state index in [1.54, 1.807) is 0 Å². The number of benzene rings is 1. The van der Waals surface area contributed by atoms with E-state index in [0.29, 0.717) is 12.1 Å². The summed E-state index contributed by atoms with van der Waals surface area (Å²) in [5.74, 6) is 0.938. The van der Waals surface area contributed by atoms with Crippen LogP contribution >= 0.6 is 22.6 Å². The molecule has 1 aromatic carbocycles. The Morgan fingerprint density at radius 1 is 1.39 bits per heavy atom. The molecule has 2 nitrogen and oxygen atoms in total. The van der Waals surface area contributed by atoms with Gasteiger partial charge in [0.2, 0.25) is 0 Å². The first-order valence-electron chi connectivity index (χ1n) is 7.03. The van der Waals surface area contributed by atoms with E-state index in [4.69, 9.17) is 0 Å². The second kappa shape index (κ2) is 5.37. The second-order valence-corrected chi connectivity index (χ2v) is 6.79. The number of hydrogen-bond donors (Lipinski definition) is 1. The summed E-state index contributed by atoms with van der Waals surface area (Å²) in [6, 6.07) is 10.3. The minimum Gasteiger partial charge on any atom is -0.366 e. The van der Waals surface area contributed by atoms with Crippen molar-refractivity contribution in [2.45, 2.75) is 38.3 Å². The first-order chi connectivity index (χ1) is 8.78. The van der Waals surface area contributed by atoms with Crippen LogP contribution in [-0.2, 0) is 0 Å². The lowest BCUT2D eigenvalue weighted by molar-refractivity contribution is 0.360. The number of anilines is 1. The third-order valence-electron chi connectivity index (χ3n) is 4.25. The quantitative estimate of drug-likeness (QED) is 0.837. The molecule has 2 unspecified atom stereocenters. The number of halogens is 1. The van der Waals surface area contributed by atoms with Crippen LogP contribution in [0, 0.1) is 9.49 Å². The lowest BCUT2D eigenvalue weighted by Crippen LogP contribution is -2.57. The van der Waals surface area contributed by atoms with Gasteiger partial charge in [0, 0.05) is 34.4 Å². The van der Waals surface area contributed by atoms with E-state index in [9.17, 15) is 0 Å². The molecule has 1 aliphatic heterocycles. The molecular weight excluding hydrogens is 335 g/mol. The zero-order valence-corrected chi connectivity index (χ0v) is 13.1. The minimum atomic E-state index is 0.651. The van der Waals surface area contributed by atoms with Gasteiger partial charge in [-0.25, -0.2) is 0 Å². The van der Waals surface area contributed by atoms with Crippen molar-refractivity contribution in [1.29, 1.82) is 0 Å². The molecule has 0 radical (unpaired) electrons. The van der Waals surface area contributed by atoms with Crippen molar-refractivity contribution >= 4 is 28.3 Å². The number of piperazine rings is 1. The highest BCUT2D eigenvalue weighted by atomic mass is 127. The Morgan fingerprint density at radius 2 is 2.22 bits per heavy atom. The Bertz CT molecular complexity index is 417. The fraction of sp³-hybridized carbons (Fsp3) is 0.600. The van der Waals surface area contributed by atoms with Gasteiger partial charge in [0.25, 0.3) is 0 Å². The van der Waals surface area contributed by atoms with Crippen LogP contribution in [-0.4, -0.2) is 25.2 Å². The molecule has 18 heavy (non-hydrogen) atoms. The molecule has 1 saturated carbocycles. The molecule has 3 heteroatoms. The molecule has 98 valence electrons. The Labute approximate surface area is 123 Å². The summed E-state index contributed by atoms with van der Waals surface area (Å²) in [6.07, 6.45) is 4.07. The zero-order chi connectivity index (χ0) is 12.5. The lowest BCUT2D eigenvalue weighted by atomic mass is 10.0. The monoisotopic (exact) mass is 356 g/mol. The molecule has 0 aromatic heterocycles. The van der Waals surface area contributed by atoms with Crippen molar-refractivity contribution < 1.29 is 0 Å². The zero-order valence-electron chi connectivity index (χ0n) is 10.9. The summed E-state index contributed by atoms with van der Waals surface area (Å²) in [5.41, 5.74) is 1.40. The minimum absolute atomic E-state index is 0.651. The number of nitrogens with one attached hydrogen (secondary N) is 1. The molecule has 0 amide bonds. The topological polar surface area (TPSA) is 15.3 Å². The van der Waals surface area contributed by atoms with Crippen molar-refractivity contribution in [2.75, 3.05) is 18.0 Å². The summed E-state index contributed by atoms with van der Waals surface area (Å²) < 4.78 is 1.33. The maximum Gasteiger partial charge on any atom is 0.0412 e. The van der Waals surface area contributed by atoms with E-state index < -0.39 is 0 Å². The fourth-order valence-electron chi connectivity index (χ4n) is 2.97. The predicted octanol–water partition coefficient (Wildman–Crippen LogP) is 3.26. The molecule has 1 aliphatic carbocycles. The molecule has 3 rings (SSSR count). The van der Waals surface area contributed by atoms with Crippen LogP contribution in [0.5, 0.6) is 0 Å². The van der Waals surface area contributed by atoms with Crippen LogP contribution in [0.25, 0.3) is 0 Å². The van der Waals surface area contributed by atoms with Crippen LogP contribution in [0.15, 0.2) is 24.3 Å². The van der Waals surface area contributed by atoms with Crippen molar-refractivity contribution in [1.82, 2.24) is 5.32 Å². The normalized spacial score (nSPS) is 28.4. The molecule has 0 bridgehead atoms. The second-order valence-electron chi connectivity index (χ2n) is 5.55. The van der Waals surface area contributed by atoms with E-state index in [0.717, 1.165) is 12.5 Å². The molecule has 2 atom stereocenters. The first kappa shape index (κ1) is 12.7. The average Bonchev–Trinajstić information content (AvgIpc) is 3.22. The van der Waals surface area contributed by atoms with Gasteiger partial charge in [-0.15, -0.1) is 0 Å². The fourth-order valence-corrected chi connectivity index (χ4v) is 3.50. The largest absolute Gasteiger partial charge is 0.366 e. The molecule has 1 N–H and O–H groups in total. The van der Waals surface area contributed by atoms with Crippen LogP contribution < -0.4 is 10.2 Å². The SMILES string of the molecule is CCC1CNC(C2CC2)CN1c1cccc(I)c1. The van der Waals surface area contributed by atoms with Crippen molar-refractivity contribution in [3.8, 4) is 0 Å². The van der Waals surface area contributed by atoms with Crippen LogP contribution in [0.3, 0.4) is 0 Å². The Balaban J connectivity index is 1.80. The van der Waals surface area contributed by atoms with Crippen LogP contribution in [0.1, 0.15) is 26.2 Å². The molecule has 1 saturated heterocycles. The summed E-state index contributed by atoms with van der Waals surface area (Å²) in [6.45, 7) is 4.62. The molecule has 0 spiro atoms. The maximum absolute atomic E-state index is 3.75. The smallest absolute Gasteiger partial charge is 0.0412 e. The summed E-state index contributed by atoms with van der Waals surface area (Å²) >= 11 is 2.41. The van der Waals surface area contributed by atoms with Gasteiger partial charge < -0.3 is 10.2 Å². The van der Waals surface area contributed by atoms with Gasteiger partial charge in [-0.2, -0.15) is 0 Å². The van der Waals surface area contributed by atoms with E-state index in [1.807, 2.05) is 0 Å². The highest BCUT2D eigenvalue weighted by molar-refractivity contribution is 14.1.